The van der Waals surface area contributed by atoms with Gasteiger partial charge in [0.1, 0.15) is 12.5 Å². The van der Waals surface area contributed by atoms with Gasteiger partial charge in [-0.15, -0.1) is 0 Å². The van der Waals surface area contributed by atoms with Crippen molar-refractivity contribution >= 4 is 17.8 Å². The van der Waals surface area contributed by atoms with Crippen LogP contribution >= 0.6 is 0 Å². The van der Waals surface area contributed by atoms with E-state index < -0.39 is 24.0 Å². The van der Waals surface area contributed by atoms with Gasteiger partial charge < -0.3 is 14.4 Å². The van der Waals surface area contributed by atoms with Crippen molar-refractivity contribution in [1.29, 1.82) is 0 Å². The van der Waals surface area contributed by atoms with Crippen LogP contribution in [-0.2, 0) is 25.7 Å². The second-order valence-corrected chi connectivity index (χ2v) is 5.42. The number of ketones is 1. The lowest BCUT2D eigenvalue weighted by molar-refractivity contribution is -0.155. The smallest absolute Gasteiger partial charge is 0.410 e. The van der Waals surface area contributed by atoms with Crippen molar-refractivity contribution in [2.75, 3.05) is 13.2 Å². The first-order valence-corrected chi connectivity index (χ1v) is 7.71. The third-order valence-electron chi connectivity index (χ3n) is 3.90. The molecule has 1 saturated heterocycles. The molecular formula is C17H21NO5. The Bertz CT molecular complexity index is 572. The van der Waals surface area contributed by atoms with E-state index in [9.17, 15) is 14.4 Å². The molecule has 6 heteroatoms. The van der Waals surface area contributed by atoms with E-state index in [4.69, 9.17) is 9.47 Å². The van der Waals surface area contributed by atoms with Gasteiger partial charge in [-0.25, -0.2) is 4.79 Å². The number of likely N-dealkylation sites (tertiary alicyclic amines) is 1. The van der Waals surface area contributed by atoms with E-state index in [1.165, 1.54) is 4.90 Å². The summed E-state index contributed by atoms with van der Waals surface area (Å²) in [5, 5.41) is 0. The Morgan fingerprint density at radius 2 is 1.91 bits per heavy atom. The highest BCUT2D eigenvalue weighted by atomic mass is 16.6. The molecule has 0 aliphatic carbocycles. The van der Waals surface area contributed by atoms with E-state index in [0.717, 1.165) is 5.56 Å². The number of esters is 1. The molecule has 0 bridgehead atoms. The molecule has 0 aromatic heterocycles. The Hall–Kier alpha value is -2.37. The molecule has 1 aliphatic heterocycles. The zero-order valence-electron chi connectivity index (χ0n) is 13.4. The normalized spacial score (nSPS) is 21.0. The van der Waals surface area contributed by atoms with Gasteiger partial charge in [0.25, 0.3) is 0 Å². The molecule has 6 nitrogen and oxygen atoms in total. The number of rotatable bonds is 4. The van der Waals surface area contributed by atoms with Crippen molar-refractivity contribution in [3.8, 4) is 0 Å². The third kappa shape index (κ3) is 4.09. The van der Waals surface area contributed by atoms with Crippen LogP contribution in [0.5, 0.6) is 0 Å². The van der Waals surface area contributed by atoms with E-state index in [-0.39, 0.29) is 32.0 Å². The van der Waals surface area contributed by atoms with Crippen molar-refractivity contribution < 1.29 is 23.9 Å². The number of piperidine rings is 1. The molecule has 2 rings (SSSR count). The molecule has 23 heavy (non-hydrogen) atoms. The van der Waals surface area contributed by atoms with Crippen LogP contribution < -0.4 is 0 Å². The summed E-state index contributed by atoms with van der Waals surface area (Å²) in [6.07, 6.45) is -0.392. The first kappa shape index (κ1) is 17.0. The van der Waals surface area contributed by atoms with Gasteiger partial charge in [0, 0.05) is 13.0 Å². The minimum Gasteiger partial charge on any atom is -0.465 e. The van der Waals surface area contributed by atoms with Crippen LogP contribution in [-0.4, -0.2) is 41.9 Å². The second-order valence-electron chi connectivity index (χ2n) is 5.42. The lowest BCUT2D eigenvalue weighted by atomic mass is 9.89. The van der Waals surface area contributed by atoms with Gasteiger partial charge in [-0.05, 0) is 19.4 Å². The zero-order valence-corrected chi connectivity index (χ0v) is 13.4. The van der Waals surface area contributed by atoms with Gasteiger partial charge in [-0.3, -0.25) is 9.59 Å². The Morgan fingerprint density at radius 1 is 1.22 bits per heavy atom. The highest BCUT2D eigenvalue weighted by molar-refractivity contribution is 6.01. The first-order chi connectivity index (χ1) is 11.0. The summed E-state index contributed by atoms with van der Waals surface area (Å²) in [5.41, 5.74) is 0.878. The minimum absolute atomic E-state index is 0.133. The average molecular weight is 319 g/mol. The van der Waals surface area contributed by atoms with Gasteiger partial charge in [-0.1, -0.05) is 30.3 Å². The van der Waals surface area contributed by atoms with Gasteiger partial charge in [0.05, 0.1) is 12.6 Å². The maximum absolute atomic E-state index is 12.3. The molecule has 0 saturated carbocycles. The molecule has 0 radical (unpaired) electrons. The highest BCUT2D eigenvalue weighted by Gasteiger charge is 2.42. The van der Waals surface area contributed by atoms with Crippen molar-refractivity contribution in [2.24, 2.45) is 5.92 Å². The van der Waals surface area contributed by atoms with Crippen LogP contribution in [0.1, 0.15) is 25.8 Å². The second kappa shape index (κ2) is 7.76. The van der Waals surface area contributed by atoms with Crippen LogP contribution in [0.4, 0.5) is 4.79 Å². The largest absolute Gasteiger partial charge is 0.465 e. The third-order valence-corrected chi connectivity index (χ3v) is 3.90. The van der Waals surface area contributed by atoms with Crippen LogP contribution in [0.2, 0.25) is 0 Å². The Morgan fingerprint density at radius 3 is 2.57 bits per heavy atom. The number of carbonyl (C=O) groups is 3. The van der Waals surface area contributed by atoms with E-state index in [0.29, 0.717) is 0 Å². The number of nitrogens with zero attached hydrogens (tertiary/aromatic N) is 1. The number of benzene rings is 1. The van der Waals surface area contributed by atoms with E-state index in [1.807, 2.05) is 30.3 Å². The summed E-state index contributed by atoms with van der Waals surface area (Å²) in [6.45, 7) is 3.96. The zero-order chi connectivity index (χ0) is 16.8. The first-order valence-electron chi connectivity index (χ1n) is 7.71. The van der Waals surface area contributed by atoms with Gasteiger partial charge >= 0.3 is 12.1 Å². The predicted octanol–water partition coefficient (Wildman–Crippen LogP) is 2.17. The van der Waals surface area contributed by atoms with Crippen LogP contribution in [0.3, 0.4) is 0 Å². The predicted molar refractivity (Wildman–Crippen MR) is 82.5 cm³/mol. The molecule has 124 valence electrons. The lowest BCUT2D eigenvalue weighted by Gasteiger charge is -2.36. The molecule has 1 aromatic rings. The van der Waals surface area contributed by atoms with Gasteiger partial charge in [0.15, 0.2) is 5.78 Å². The summed E-state index contributed by atoms with van der Waals surface area (Å²) in [7, 11) is 0. The highest BCUT2D eigenvalue weighted by Crippen LogP contribution is 2.23. The van der Waals surface area contributed by atoms with E-state index >= 15 is 0 Å². The molecular weight excluding hydrogens is 298 g/mol. The Kier molecular flexibility index (Phi) is 5.73. The number of carbonyl (C=O) groups excluding carboxylic acids is 3. The number of hydrogen-bond acceptors (Lipinski definition) is 5. The summed E-state index contributed by atoms with van der Waals surface area (Å²) >= 11 is 0. The SMILES string of the molecule is CCOC(=O)C1C(=O)CCN(C(=O)OCc2ccccc2)C1C. The molecule has 1 heterocycles. The number of hydrogen-bond donors (Lipinski definition) is 0. The quantitative estimate of drug-likeness (QED) is 0.628. The minimum atomic E-state index is -0.937. The Labute approximate surface area is 135 Å². The lowest BCUT2D eigenvalue weighted by Crippen LogP contribution is -2.53. The maximum atomic E-state index is 12.3. The topological polar surface area (TPSA) is 72.9 Å². The molecule has 1 amide bonds. The number of Topliss-reactive ketones (excluding diaryl/α,β-unsaturated/α-hetero) is 1. The van der Waals surface area contributed by atoms with Crippen LogP contribution in [0.15, 0.2) is 30.3 Å². The fraction of sp³-hybridized carbons (Fsp3) is 0.471. The number of ether oxygens (including phenoxy) is 2. The molecule has 0 spiro atoms. The van der Waals surface area contributed by atoms with Crippen LogP contribution in [0, 0.1) is 5.92 Å². The maximum Gasteiger partial charge on any atom is 0.410 e. The summed E-state index contributed by atoms with van der Waals surface area (Å²) in [4.78, 5) is 37.6. The van der Waals surface area contributed by atoms with Gasteiger partial charge in [-0.2, -0.15) is 0 Å². The summed E-state index contributed by atoms with van der Waals surface area (Å²) in [6, 6.07) is 8.76. The fourth-order valence-corrected chi connectivity index (χ4v) is 2.66. The molecule has 1 aromatic carbocycles. The standard InChI is InChI=1S/C17H21NO5/c1-3-22-16(20)15-12(2)18(10-9-14(15)19)17(21)23-11-13-7-5-4-6-8-13/h4-8,12,15H,3,9-11H2,1-2H3. The van der Waals surface area contributed by atoms with E-state index in [2.05, 4.69) is 0 Å². The summed E-state index contributed by atoms with van der Waals surface area (Å²) < 4.78 is 10.2. The van der Waals surface area contributed by atoms with Crippen molar-refractivity contribution in [3.05, 3.63) is 35.9 Å². The molecule has 0 N–H and O–H groups in total. The van der Waals surface area contributed by atoms with Crippen molar-refractivity contribution in [1.82, 2.24) is 4.90 Å². The molecule has 1 aliphatic rings. The molecule has 2 unspecified atom stereocenters. The van der Waals surface area contributed by atoms with Crippen molar-refractivity contribution in [3.63, 3.8) is 0 Å². The number of amides is 1. The molecule has 1 fully saturated rings. The average Bonchev–Trinajstić information content (AvgIpc) is 2.54. The van der Waals surface area contributed by atoms with Crippen molar-refractivity contribution in [2.45, 2.75) is 32.9 Å². The fourth-order valence-electron chi connectivity index (χ4n) is 2.66. The van der Waals surface area contributed by atoms with Gasteiger partial charge in [0.2, 0.25) is 0 Å². The molecule has 2 atom stereocenters. The summed E-state index contributed by atoms with van der Waals surface area (Å²) in [5.74, 6) is -1.71. The van der Waals surface area contributed by atoms with E-state index in [1.54, 1.807) is 13.8 Å². The van der Waals surface area contributed by atoms with Crippen LogP contribution in [0.25, 0.3) is 0 Å². The Balaban J connectivity index is 1.99. The monoisotopic (exact) mass is 319 g/mol.